The lowest BCUT2D eigenvalue weighted by atomic mass is 9.77. The molecule has 0 bridgehead atoms. The summed E-state index contributed by atoms with van der Waals surface area (Å²) < 4.78 is 66.6. The molecule has 3 aliphatic rings. The fourth-order valence-electron chi connectivity index (χ4n) is 13.7. The second kappa shape index (κ2) is 35.3. The molecule has 0 radical (unpaired) electrons. The molecule has 6 heteroatoms. The molecule has 3 saturated carbocycles. The average Bonchev–Trinajstić information content (AvgIpc) is 3.77. The minimum absolute atomic E-state index is 0.125. The van der Waals surface area contributed by atoms with Gasteiger partial charge in [0.25, 0.3) is 0 Å². The number of aryl methyl sites for hydroxylation is 2. The number of halogens is 5. The third kappa shape index (κ3) is 20.5. The highest BCUT2D eigenvalue weighted by Gasteiger charge is 2.24. The molecule has 0 N–H and O–H groups in total. The monoisotopic (exact) mass is 1200 g/mol. The molecule has 0 unspecified atom stereocenters. The lowest BCUT2D eigenvalue weighted by molar-refractivity contribution is 0.303. The maximum Gasteiger partial charge on any atom is 0.187 e. The van der Waals surface area contributed by atoms with E-state index in [0.717, 1.165) is 51.1 Å². The Morgan fingerprint density at radius 2 is 0.685 bits per heavy atom. The van der Waals surface area contributed by atoms with E-state index in [4.69, 9.17) is 6.57 Å². The fourth-order valence-corrected chi connectivity index (χ4v) is 13.7. The van der Waals surface area contributed by atoms with Crippen LogP contribution in [0.2, 0.25) is 0 Å². The largest absolute Gasteiger partial charge is 0.238 e. The molecular weight excluding hydrogens is 1110 g/mol. The molecule has 8 aromatic rings. The number of benzene rings is 8. The van der Waals surface area contributed by atoms with Gasteiger partial charge in [0.15, 0.2) is 29.0 Å². The number of rotatable bonds is 18. The van der Waals surface area contributed by atoms with Crippen LogP contribution >= 0.6 is 0 Å². The molecule has 0 saturated heterocycles. The fraction of sp³-hybridized carbons (Fsp3) is 0.410. The van der Waals surface area contributed by atoms with Gasteiger partial charge in [0.2, 0.25) is 0 Å². The van der Waals surface area contributed by atoms with Crippen molar-refractivity contribution in [2.24, 2.45) is 17.8 Å². The van der Waals surface area contributed by atoms with Gasteiger partial charge in [-0.1, -0.05) is 231 Å². The van der Waals surface area contributed by atoms with Crippen LogP contribution in [0.15, 0.2) is 176 Å². The predicted octanol–water partition coefficient (Wildman–Crippen LogP) is 26.3. The van der Waals surface area contributed by atoms with Gasteiger partial charge in [-0.15, -0.1) is 0 Å². The molecular formula is C83H96F5N. The standard InChI is InChI=1S/C23H28F2.C21H24F2.C21H25F.C18H19N/c1-2-3-4-5-17-6-8-18(9-7-17)19-10-12-20(13-11-19)21-14-15-22(24)23(25)16-21;1-2-3-15-4-6-16(7-5-15)17-8-10-18(11-9-17)19-12-13-20(22)21(23)14-19;1-3-16-5-8-17(9-6-16)18-10-12-19(13-11-18)20-7-4-15(2)21(22)14-20;1-3-4-5-6-15-7-9-16(10-8-15)17-11-13-18(19-2)14-12-17/h10-18H,2-9H2,1H3;8-16H,2-7H2,1H3;4,7,10-14,16-17H,3,5-6,8-9H2,1-2H3;7-14H,3-6H2,1H3. The SMILES string of the molecule is CCC1CCC(c2ccc(-c3ccc(C)c(F)c3)cc2)CC1.CCCC1CCC(c2ccc(-c3ccc(F)c(F)c3)cc2)CC1.CCCCCC1CCC(c2ccc(-c3ccc(F)c(F)c3)cc2)CC1.[C-]#[N+]c1ccc(-c2ccc(CCCCC)cc2)cc1. The van der Waals surface area contributed by atoms with E-state index < -0.39 is 23.3 Å². The Morgan fingerprint density at radius 3 is 1.07 bits per heavy atom. The van der Waals surface area contributed by atoms with Crippen LogP contribution in [0.4, 0.5) is 27.6 Å². The van der Waals surface area contributed by atoms with Gasteiger partial charge in [-0.25, -0.2) is 26.8 Å². The maximum absolute atomic E-state index is 13.7. The zero-order valence-electron chi connectivity index (χ0n) is 53.8. The third-order valence-electron chi connectivity index (χ3n) is 19.5. The van der Waals surface area contributed by atoms with Gasteiger partial charge in [0, 0.05) is 0 Å². The third-order valence-corrected chi connectivity index (χ3v) is 19.5. The molecule has 8 aromatic carbocycles. The number of nitrogens with zero attached hydrogens (tertiary/aromatic N) is 1. The van der Waals surface area contributed by atoms with Gasteiger partial charge in [0.1, 0.15) is 5.82 Å². The van der Waals surface area contributed by atoms with Crippen molar-refractivity contribution in [2.75, 3.05) is 0 Å². The van der Waals surface area contributed by atoms with Crippen molar-refractivity contribution in [1.29, 1.82) is 0 Å². The Morgan fingerprint density at radius 1 is 0.337 bits per heavy atom. The smallest absolute Gasteiger partial charge is 0.187 e. The van der Waals surface area contributed by atoms with Gasteiger partial charge in [0.05, 0.1) is 6.57 Å². The Balaban J connectivity index is 0.000000154. The van der Waals surface area contributed by atoms with Crippen molar-refractivity contribution in [3.63, 3.8) is 0 Å². The summed E-state index contributed by atoms with van der Waals surface area (Å²) in [6.07, 6.45) is 30.3. The van der Waals surface area contributed by atoms with E-state index in [1.54, 1.807) is 25.1 Å². The number of unbranched alkanes of at least 4 members (excludes halogenated alkanes) is 4. The first kappa shape index (κ1) is 67.8. The van der Waals surface area contributed by atoms with E-state index in [-0.39, 0.29) is 5.82 Å². The van der Waals surface area contributed by atoms with Crippen LogP contribution in [0.5, 0.6) is 0 Å². The molecule has 468 valence electrons. The topological polar surface area (TPSA) is 4.36 Å². The Hall–Kier alpha value is -7.10. The van der Waals surface area contributed by atoms with E-state index in [1.807, 2.05) is 60.7 Å². The lowest BCUT2D eigenvalue weighted by Crippen LogP contribution is -2.13. The first-order chi connectivity index (χ1) is 43.3. The van der Waals surface area contributed by atoms with Gasteiger partial charge in [-0.2, -0.15) is 0 Å². The Labute approximate surface area is 531 Å². The molecule has 0 aliphatic heterocycles. The molecule has 89 heavy (non-hydrogen) atoms. The molecule has 0 aromatic heterocycles. The van der Waals surface area contributed by atoms with Crippen LogP contribution < -0.4 is 0 Å². The average molecular weight is 1200 g/mol. The first-order valence-corrected chi connectivity index (χ1v) is 33.9. The highest BCUT2D eigenvalue weighted by atomic mass is 19.2. The summed E-state index contributed by atoms with van der Waals surface area (Å²) in [5.74, 6) is 1.50. The molecule has 0 amide bonds. The summed E-state index contributed by atoms with van der Waals surface area (Å²) in [7, 11) is 0. The van der Waals surface area contributed by atoms with Crippen LogP contribution in [-0.2, 0) is 6.42 Å². The van der Waals surface area contributed by atoms with Crippen LogP contribution in [0, 0.1) is 60.3 Å². The van der Waals surface area contributed by atoms with Gasteiger partial charge in [-0.3, -0.25) is 0 Å². The van der Waals surface area contributed by atoms with Crippen molar-refractivity contribution in [1.82, 2.24) is 0 Å². The van der Waals surface area contributed by atoms with Crippen LogP contribution in [0.1, 0.15) is 215 Å². The Kier molecular flexibility index (Phi) is 26.9. The van der Waals surface area contributed by atoms with E-state index in [2.05, 4.69) is 105 Å². The Bertz CT molecular complexity index is 3390. The van der Waals surface area contributed by atoms with Crippen molar-refractivity contribution < 1.29 is 22.0 Å². The van der Waals surface area contributed by atoms with Crippen molar-refractivity contribution in [3.05, 3.63) is 244 Å². The summed E-state index contributed by atoms with van der Waals surface area (Å²) in [5.41, 5.74) is 14.8. The van der Waals surface area contributed by atoms with Gasteiger partial charge in [-0.05, 0) is 235 Å². The normalized spacial score (nSPS) is 18.8. The molecule has 0 heterocycles. The summed E-state index contributed by atoms with van der Waals surface area (Å²) >= 11 is 0. The van der Waals surface area contributed by atoms with E-state index in [1.165, 1.54) is 205 Å². The highest BCUT2D eigenvalue weighted by molar-refractivity contribution is 5.68. The van der Waals surface area contributed by atoms with Crippen LogP contribution in [0.3, 0.4) is 0 Å². The van der Waals surface area contributed by atoms with E-state index >= 15 is 0 Å². The van der Waals surface area contributed by atoms with Crippen molar-refractivity contribution in [2.45, 2.75) is 200 Å². The molecule has 0 spiro atoms. The molecule has 3 aliphatic carbocycles. The summed E-state index contributed by atoms with van der Waals surface area (Å²) in [4.78, 5) is 3.41. The number of hydrogen-bond donors (Lipinski definition) is 0. The summed E-state index contributed by atoms with van der Waals surface area (Å²) in [5, 5.41) is 0. The van der Waals surface area contributed by atoms with Crippen molar-refractivity contribution in [3.8, 4) is 44.5 Å². The van der Waals surface area contributed by atoms with Crippen LogP contribution in [-0.4, -0.2) is 0 Å². The van der Waals surface area contributed by atoms with E-state index in [9.17, 15) is 22.0 Å². The summed E-state index contributed by atoms with van der Waals surface area (Å²) in [6.45, 7) is 17.8. The lowest BCUT2D eigenvalue weighted by Gasteiger charge is -2.29. The number of hydrogen-bond acceptors (Lipinski definition) is 0. The van der Waals surface area contributed by atoms with Crippen molar-refractivity contribution >= 4 is 5.69 Å². The van der Waals surface area contributed by atoms with Crippen LogP contribution in [0.25, 0.3) is 49.4 Å². The molecule has 11 rings (SSSR count). The minimum Gasteiger partial charge on any atom is -0.238 e. The minimum atomic E-state index is -0.797. The molecule has 1 nitrogen and oxygen atoms in total. The first-order valence-electron chi connectivity index (χ1n) is 33.9. The zero-order valence-corrected chi connectivity index (χ0v) is 53.8. The highest BCUT2D eigenvalue weighted by Crippen LogP contribution is 2.41. The quantitative estimate of drug-likeness (QED) is 0.0458. The van der Waals surface area contributed by atoms with Gasteiger partial charge < -0.3 is 0 Å². The van der Waals surface area contributed by atoms with Gasteiger partial charge >= 0.3 is 0 Å². The second-order valence-electron chi connectivity index (χ2n) is 25.7. The molecule has 3 fully saturated rings. The van der Waals surface area contributed by atoms with E-state index in [0.29, 0.717) is 29.0 Å². The predicted molar refractivity (Wildman–Crippen MR) is 365 cm³/mol. The second-order valence-corrected chi connectivity index (χ2v) is 25.7. The maximum atomic E-state index is 13.7. The summed E-state index contributed by atoms with van der Waals surface area (Å²) in [6, 6.07) is 55.8. The zero-order chi connectivity index (χ0) is 62.9. The molecule has 0 atom stereocenters.